The molecule has 2 aromatic heterocycles. The van der Waals surface area contributed by atoms with Crippen LogP contribution in [0, 0.1) is 0 Å². The summed E-state index contributed by atoms with van der Waals surface area (Å²) >= 11 is 0. The number of aryl methyl sites for hydroxylation is 1. The van der Waals surface area contributed by atoms with Crippen molar-refractivity contribution in [2.24, 2.45) is 7.05 Å². The first-order chi connectivity index (χ1) is 13.4. The Morgan fingerprint density at radius 1 is 1.29 bits per heavy atom. The second-order valence-electron chi connectivity index (χ2n) is 6.77. The molecule has 0 bridgehead atoms. The number of ether oxygens (including phenoxy) is 1. The molecule has 9 heteroatoms. The van der Waals surface area contributed by atoms with Crippen molar-refractivity contribution in [3.05, 3.63) is 51.2 Å². The predicted octanol–water partition coefficient (Wildman–Crippen LogP) is 1.07. The van der Waals surface area contributed by atoms with Gasteiger partial charge < -0.3 is 19.7 Å². The van der Waals surface area contributed by atoms with Crippen molar-refractivity contribution in [3.63, 3.8) is 0 Å². The van der Waals surface area contributed by atoms with E-state index in [2.05, 4.69) is 15.3 Å². The average Bonchev–Trinajstić information content (AvgIpc) is 3.03. The van der Waals surface area contributed by atoms with Crippen LogP contribution in [0.4, 0.5) is 5.95 Å². The largest absolute Gasteiger partial charge is 0.491 e. The molecule has 1 aromatic carbocycles. The molecule has 0 saturated heterocycles. The summed E-state index contributed by atoms with van der Waals surface area (Å²) in [5, 5.41) is 13.7. The molecule has 150 valence electrons. The molecule has 3 aromatic rings. The Balaban J connectivity index is 1.93. The number of nitrogens with one attached hydrogen (secondary N) is 2. The van der Waals surface area contributed by atoms with Gasteiger partial charge in [0.1, 0.15) is 18.5 Å². The zero-order chi connectivity index (χ0) is 20.3. The fourth-order valence-corrected chi connectivity index (χ4v) is 2.82. The number of fused-ring (bicyclic) bond motifs is 1. The number of H-pyrrole nitrogens is 1. The van der Waals surface area contributed by atoms with E-state index in [1.54, 1.807) is 23.7 Å². The molecule has 0 radical (unpaired) electrons. The van der Waals surface area contributed by atoms with Gasteiger partial charge in [0.05, 0.1) is 6.54 Å². The summed E-state index contributed by atoms with van der Waals surface area (Å²) in [5.74, 6) is 1.07. The van der Waals surface area contributed by atoms with Crippen molar-refractivity contribution in [2.75, 3.05) is 11.9 Å². The second-order valence-corrected chi connectivity index (χ2v) is 6.77. The topological polar surface area (TPSA) is 114 Å². The van der Waals surface area contributed by atoms with Crippen molar-refractivity contribution in [2.45, 2.75) is 39.0 Å². The highest BCUT2D eigenvalue weighted by Gasteiger charge is 2.20. The van der Waals surface area contributed by atoms with Gasteiger partial charge in [0.25, 0.3) is 5.56 Å². The first-order valence-corrected chi connectivity index (χ1v) is 9.22. The quantitative estimate of drug-likeness (QED) is 0.533. The van der Waals surface area contributed by atoms with E-state index in [9.17, 15) is 14.7 Å². The second kappa shape index (κ2) is 8.30. The predicted molar refractivity (Wildman–Crippen MR) is 107 cm³/mol. The number of aliphatic hydroxyl groups is 1. The van der Waals surface area contributed by atoms with Crippen LogP contribution >= 0.6 is 0 Å². The third kappa shape index (κ3) is 4.09. The molecule has 0 aliphatic carbocycles. The number of benzene rings is 1. The maximum Gasteiger partial charge on any atom is 0.329 e. The SMILES string of the molecule is CC[C@@H](C)Nc1nc2c(c(=O)[nH]c(=O)n2C)n1C[C@H](O)COc1ccccc1. The lowest BCUT2D eigenvalue weighted by Crippen LogP contribution is -2.31. The van der Waals surface area contributed by atoms with E-state index in [1.165, 1.54) is 4.57 Å². The smallest absolute Gasteiger partial charge is 0.329 e. The van der Waals surface area contributed by atoms with Crippen LogP contribution in [0.5, 0.6) is 5.75 Å². The van der Waals surface area contributed by atoms with Gasteiger partial charge in [-0.1, -0.05) is 25.1 Å². The number of imidazole rings is 1. The van der Waals surface area contributed by atoms with Gasteiger partial charge in [0.2, 0.25) is 5.95 Å². The Morgan fingerprint density at radius 3 is 2.68 bits per heavy atom. The lowest BCUT2D eigenvalue weighted by Gasteiger charge is -2.17. The highest BCUT2D eigenvalue weighted by molar-refractivity contribution is 5.74. The molecule has 2 atom stereocenters. The van der Waals surface area contributed by atoms with Crippen LogP contribution in [0.15, 0.2) is 39.9 Å². The van der Waals surface area contributed by atoms with Crippen LogP contribution in [-0.2, 0) is 13.6 Å². The standard InChI is InChI=1S/C19H25N5O4/c1-4-12(2)20-18-21-16-15(17(26)22-19(27)23(16)3)24(18)10-13(25)11-28-14-8-6-5-7-9-14/h5-9,12-13,25H,4,10-11H2,1-3H3,(H,20,21)(H,22,26,27)/t12-,13+/m1/s1. The van der Waals surface area contributed by atoms with Gasteiger partial charge in [-0.15, -0.1) is 0 Å². The maximum absolute atomic E-state index is 12.4. The van der Waals surface area contributed by atoms with Gasteiger partial charge >= 0.3 is 5.69 Å². The van der Waals surface area contributed by atoms with Crippen LogP contribution in [0.3, 0.4) is 0 Å². The first kappa shape index (κ1) is 19.7. The number of para-hydroxylation sites is 1. The highest BCUT2D eigenvalue weighted by Crippen LogP contribution is 2.18. The molecule has 2 heterocycles. The Kier molecular flexibility index (Phi) is 5.84. The number of hydrogen-bond acceptors (Lipinski definition) is 6. The summed E-state index contributed by atoms with van der Waals surface area (Å²) in [6.07, 6.45) is -0.0373. The van der Waals surface area contributed by atoms with Crippen molar-refractivity contribution in [3.8, 4) is 5.75 Å². The minimum atomic E-state index is -0.883. The normalized spacial score (nSPS) is 13.4. The number of nitrogens with zero attached hydrogens (tertiary/aromatic N) is 3. The van der Waals surface area contributed by atoms with E-state index in [4.69, 9.17) is 4.74 Å². The van der Waals surface area contributed by atoms with Crippen LogP contribution in [0.2, 0.25) is 0 Å². The van der Waals surface area contributed by atoms with Crippen LogP contribution in [0.1, 0.15) is 20.3 Å². The van der Waals surface area contributed by atoms with E-state index in [-0.39, 0.29) is 30.4 Å². The maximum atomic E-state index is 12.4. The molecular formula is C19H25N5O4. The van der Waals surface area contributed by atoms with Crippen LogP contribution in [0.25, 0.3) is 11.2 Å². The van der Waals surface area contributed by atoms with Crippen molar-refractivity contribution in [1.82, 2.24) is 19.1 Å². The Labute approximate surface area is 161 Å². The number of hydrogen-bond donors (Lipinski definition) is 3. The zero-order valence-corrected chi connectivity index (χ0v) is 16.2. The summed E-state index contributed by atoms with van der Waals surface area (Å²) in [7, 11) is 1.54. The molecule has 3 N–H and O–H groups in total. The molecule has 28 heavy (non-hydrogen) atoms. The first-order valence-electron chi connectivity index (χ1n) is 9.22. The minimum Gasteiger partial charge on any atom is -0.491 e. The van der Waals surface area contributed by atoms with Gasteiger partial charge in [-0.05, 0) is 25.5 Å². The Morgan fingerprint density at radius 2 is 2.00 bits per heavy atom. The number of rotatable bonds is 8. The molecule has 0 aliphatic rings. The van der Waals surface area contributed by atoms with Crippen molar-refractivity contribution < 1.29 is 9.84 Å². The third-order valence-corrected chi connectivity index (χ3v) is 4.57. The van der Waals surface area contributed by atoms with E-state index >= 15 is 0 Å². The average molecular weight is 387 g/mol. The number of aromatic nitrogens is 4. The van der Waals surface area contributed by atoms with Crippen molar-refractivity contribution >= 4 is 17.1 Å². The van der Waals surface area contributed by atoms with Gasteiger partial charge in [0.15, 0.2) is 11.2 Å². The third-order valence-electron chi connectivity index (χ3n) is 4.57. The summed E-state index contributed by atoms with van der Waals surface area (Å²) in [5.41, 5.74) is -0.591. The van der Waals surface area contributed by atoms with Crippen LogP contribution in [-0.4, -0.2) is 43.0 Å². The van der Waals surface area contributed by atoms with Gasteiger partial charge in [-0.2, -0.15) is 4.98 Å². The monoisotopic (exact) mass is 387 g/mol. The van der Waals surface area contributed by atoms with Gasteiger partial charge in [0, 0.05) is 13.1 Å². The number of aliphatic hydroxyl groups excluding tert-OH is 1. The van der Waals surface area contributed by atoms with E-state index in [0.717, 1.165) is 6.42 Å². The van der Waals surface area contributed by atoms with Crippen LogP contribution < -0.4 is 21.3 Å². The molecule has 0 saturated carbocycles. The number of anilines is 1. The molecule has 0 amide bonds. The molecule has 0 spiro atoms. The highest BCUT2D eigenvalue weighted by atomic mass is 16.5. The summed E-state index contributed by atoms with van der Waals surface area (Å²) in [6, 6.07) is 9.28. The molecule has 9 nitrogen and oxygen atoms in total. The zero-order valence-electron chi connectivity index (χ0n) is 16.2. The molecule has 0 fully saturated rings. The Hall–Kier alpha value is -3.07. The fourth-order valence-electron chi connectivity index (χ4n) is 2.82. The molecule has 0 unspecified atom stereocenters. The summed E-state index contributed by atoms with van der Waals surface area (Å²) < 4.78 is 8.47. The molecule has 3 rings (SSSR count). The molecule has 0 aliphatic heterocycles. The Bertz CT molecular complexity index is 1050. The van der Waals surface area contributed by atoms with E-state index < -0.39 is 17.4 Å². The summed E-state index contributed by atoms with van der Waals surface area (Å²) in [4.78, 5) is 31.1. The minimum absolute atomic E-state index is 0.0517. The van der Waals surface area contributed by atoms with Crippen molar-refractivity contribution in [1.29, 1.82) is 0 Å². The lowest BCUT2D eigenvalue weighted by molar-refractivity contribution is 0.0938. The molecular weight excluding hydrogens is 362 g/mol. The lowest BCUT2D eigenvalue weighted by atomic mass is 10.3. The fraction of sp³-hybridized carbons (Fsp3) is 0.421. The summed E-state index contributed by atoms with van der Waals surface area (Å²) in [6.45, 7) is 4.15. The van der Waals surface area contributed by atoms with Gasteiger partial charge in [-0.25, -0.2) is 4.79 Å². The van der Waals surface area contributed by atoms with E-state index in [1.807, 2.05) is 32.0 Å². The number of aromatic amines is 1. The van der Waals surface area contributed by atoms with Gasteiger partial charge in [-0.3, -0.25) is 14.3 Å². The van der Waals surface area contributed by atoms with E-state index in [0.29, 0.717) is 11.7 Å².